The fourth-order valence-corrected chi connectivity index (χ4v) is 2.96. The summed E-state index contributed by atoms with van der Waals surface area (Å²) in [5.74, 6) is 0.798. The van der Waals surface area contributed by atoms with Crippen LogP contribution in [0.2, 0.25) is 0 Å². The van der Waals surface area contributed by atoms with Crippen molar-refractivity contribution in [3.8, 4) is 0 Å². The van der Waals surface area contributed by atoms with Crippen LogP contribution in [0.4, 0.5) is 0 Å². The van der Waals surface area contributed by atoms with Gasteiger partial charge in [-0.1, -0.05) is 0 Å². The normalized spacial score (nSPS) is 20.1. The summed E-state index contributed by atoms with van der Waals surface area (Å²) >= 11 is 0. The van der Waals surface area contributed by atoms with Gasteiger partial charge in [-0.25, -0.2) is 0 Å². The van der Waals surface area contributed by atoms with Crippen LogP contribution in [-0.4, -0.2) is 59.9 Å². The van der Waals surface area contributed by atoms with E-state index in [4.69, 9.17) is 5.73 Å². The number of hydrogen-bond donors (Lipinski definition) is 1. The van der Waals surface area contributed by atoms with Crippen molar-refractivity contribution in [1.29, 1.82) is 0 Å². The van der Waals surface area contributed by atoms with Gasteiger partial charge in [-0.15, -0.1) is 0 Å². The molecule has 5 heteroatoms. The van der Waals surface area contributed by atoms with E-state index in [1.165, 1.54) is 31.5 Å². The van der Waals surface area contributed by atoms with E-state index in [2.05, 4.69) is 35.2 Å². The summed E-state index contributed by atoms with van der Waals surface area (Å²) in [6.07, 6.45) is 6.60. The zero-order valence-electron chi connectivity index (χ0n) is 12.4. The van der Waals surface area contributed by atoms with Gasteiger partial charge in [0.1, 0.15) is 0 Å². The van der Waals surface area contributed by atoms with E-state index < -0.39 is 0 Å². The van der Waals surface area contributed by atoms with Crippen LogP contribution in [0.3, 0.4) is 0 Å². The van der Waals surface area contributed by atoms with Gasteiger partial charge < -0.3 is 10.6 Å². The molecule has 2 N–H and O–H groups in total. The highest BCUT2D eigenvalue weighted by atomic mass is 15.2. The molecule has 1 aliphatic rings. The predicted octanol–water partition coefficient (Wildman–Crippen LogP) is 0.694. The van der Waals surface area contributed by atoms with Gasteiger partial charge in [0, 0.05) is 37.9 Å². The molecule has 1 unspecified atom stereocenters. The second-order valence-corrected chi connectivity index (χ2v) is 5.89. The molecule has 2 rings (SSSR count). The molecule has 1 aliphatic heterocycles. The number of hydrogen-bond acceptors (Lipinski definition) is 4. The van der Waals surface area contributed by atoms with Crippen LogP contribution in [0.5, 0.6) is 0 Å². The quantitative estimate of drug-likeness (QED) is 0.851. The van der Waals surface area contributed by atoms with Gasteiger partial charge >= 0.3 is 0 Å². The molecule has 19 heavy (non-hydrogen) atoms. The molecule has 5 nitrogen and oxygen atoms in total. The second-order valence-electron chi connectivity index (χ2n) is 5.89. The maximum atomic E-state index is 5.96. The number of likely N-dealkylation sites (tertiary alicyclic amines) is 1. The Balaban J connectivity index is 1.91. The van der Waals surface area contributed by atoms with Crippen molar-refractivity contribution in [3.63, 3.8) is 0 Å². The Morgan fingerprint density at radius 3 is 2.63 bits per heavy atom. The first-order chi connectivity index (χ1) is 9.10. The van der Waals surface area contributed by atoms with Gasteiger partial charge in [0.15, 0.2) is 0 Å². The van der Waals surface area contributed by atoms with Crippen LogP contribution in [0.1, 0.15) is 24.4 Å². The molecule has 0 amide bonds. The van der Waals surface area contributed by atoms with Crippen LogP contribution in [-0.2, 0) is 7.05 Å². The van der Waals surface area contributed by atoms with E-state index in [0.717, 1.165) is 12.5 Å². The molecule has 1 aromatic rings. The summed E-state index contributed by atoms with van der Waals surface area (Å²) in [7, 11) is 6.34. The van der Waals surface area contributed by atoms with Crippen LogP contribution in [0.25, 0.3) is 0 Å². The summed E-state index contributed by atoms with van der Waals surface area (Å²) in [5, 5.41) is 4.25. The number of piperidine rings is 1. The average Bonchev–Trinajstić information content (AvgIpc) is 2.80. The van der Waals surface area contributed by atoms with Crippen molar-refractivity contribution < 1.29 is 0 Å². The molecule has 1 saturated heterocycles. The summed E-state index contributed by atoms with van der Waals surface area (Å²) < 4.78 is 1.85. The topological polar surface area (TPSA) is 50.3 Å². The zero-order valence-corrected chi connectivity index (χ0v) is 12.4. The molecule has 108 valence electrons. The SMILES string of the molecule is CN1CCC(CN(C)C(CN)c2cnn(C)c2)CC1. The van der Waals surface area contributed by atoms with E-state index in [9.17, 15) is 0 Å². The molecule has 0 aliphatic carbocycles. The molecule has 1 fully saturated rings. The molecule has 0 bridgehead atoms. The van der Waals surface area contributed by atoms with Crippen LogP contribution < -0.4 is 5.73 Å². The van der Waals surface area contributed by atoms with Crippen molar-refractivity contribution in [3.05, 3.63) is 18.0 Å². The van der Waals surface area contributed by atoms with Gasteiger partial charge in [0.2, 0.25) is 0 Å². The zero-order chi connectivity index (χ0) is 13.8. The minimum Gasteiger partial charge on any atom is -0.329 e. The molecule has 1 aromatic heterocycles. The van der Waals surface area contributed by atoms with Gasteiger partial charge in [-0.3, -0.25) is 9.58 Å². The number of aryl methyl sites for hydroxylation is 1. The minimum atomic E-state index is 0.286. The highest BCUT2D eigenvalue weighted by Gasteiger charge is 2.22. The molecular formula is C14H27N5. The third kappa shape index (κ3) is 3.78. The molecule has 0 radical (unpaired) electrons. The Labute approximate surface area is 116 Å². The lowest BCUT2D eigenvalue weighted by Crippen LogP contribution is -2.38. The first-order valence-electron chi connectivity index (χ1n) is 7.17. The van der Waals surface area contributed by atoms with Crippen LogP contribution in [0.15, 0.2) is 12.4 Å². The first kappa shape index (κ1) is 14.5. The molecule has 0 saturated carbocycles. The van der Waals surface area contributed by atoms with Crippen molar-refractivity contribution in [2.24, 2.45) is 18.7 Å². The first-order valence-corrected chi connectivity index (χ1v) is 7.17. The van der Waals surface area contributed by atoms with Crippen LogP contribution in [0, 0.1) is 5.92 Å². The van der Waals surface area contributed by atoms with E-state index in [0.29, 0.717) is 6.54 Å². The van der Waals surface area contributed by atoms with E-state index >= 15 is 0 Å². The van der Waals surface area contributed by atoms with E-state index in [-0.39, 0.29) is 6.04 Å². The summed E-state index contributed by atoms with van der Waals surface area (Å²) in [4.78, 5) is 4.81. The predicted molar refractivity (Wildman–Crippen MR) is 77.9 cm³/mol. The smallest absolute Gasteiger partial charge is 0.0538 e. The monoisotopic (exact) mass is 265 g/mol. The summed E-state index contributed by atoms with van der Waals surface area (Å²) in [6.45, 7) is 4.22. The third-order valence-electron chi connectivity index (χ3n) is 4.25. The Morgan fingerprint density at radius 2 is 2.11 bits per heavy atom. The number of nitrogens with zero attached hydrogens (tertiary/aromatic N) is 4. The lowest BCUT2D eigenvalue weighted by molar-refractivity contribution is 0.151. The van der Waals surface area contributed by atoms with Crippen molar-refractivity contribution in [2.45, 2.75) is 18.9 Å². The minimum absolute atomic E-state index is 0.286. The largest absolute Gasteiger partial charge is 0.329 e. The van der Waals surface area contributed by atoms with Gasteiger partial charge in [0.05, 0.1) is 6.20 Å². The lowest BCUT2D eigenvalue weighted by Gasteiger charge is -2.34. The maximum absolute atomic E-state index is 5.96. The molecule has 2 heterocycles. The molecule has 0 aromatic carbocycles. The summed E-state index contributed by atoms with van der Waals surface area (Å²) in [5.41, 5.74) is 7.18. The Bertz CT molecular complexity index is 381. The van der Waals surface area contributed by atoms with Crippen molar-refractivity contribution >= 4 is 0 Å². The number of rotatable bonds is 5. The van der Waals surface area contributed by atoms with Gasteiger partial charge in [0.25, 0.3) is 0 Å². The fourth-order valence-electron chi connectivity index (χ4n) is 2.96. The standard InChI is InChI=1S/C14H27N5/c1-17-6-4-12(5-7-17)10-18(2)14(8-15)13-9-16-19(3)11-13/h9,11-12,14H,4-8,10,15H2,1-3H3. The van der Waals surface area contributed by atoms with Crippen molar-refractivity contribution in [1.82, 2.24) is 19.6 Å². The third-order valence-corrected chi connectivity index (χ3v) is 4.25. The van der Waals surface area contributed by atoms with Gasteiger partial charge in [-0.2, -0.15) is 5.10 Å². The highest BCUT2D eigenvalue weighted by Crippen LogP contribution is 2.22. The lowest BCUT2D eigenvalue weighted by atomic mass is 9.95. The maximum Gasteiger partial charge on any atom is 0.0538 e. The fraction of sp³-hybridized carbons (Fsp3) is 0.786. The Hall–Kier alpha value is -0.910. The summed E-state index contributed by atoms with van der Waals surface area (Å²) in [6, 6.07) is 0.286. The van der Waals surface area contributed by atoms with E-state index in [1.807, 2.05) is 17.9 Å². The number of aromatic nitrogens is 2. The Kier molecular flexibility index (Phi) is 4.96. The molecule has 1 atom stereocenters. The van der Waals surface area contributed by atoms with Gasteiger partial charge in [-0.05, 0) is 45.9 Å². The molecular weight excluding hydrogens is 238 g/mol. The average molecular weight is 265 g/mol. The molecule has 0 spiro atoms. The van der Waals surface area contributed by atoms with E-state index in [1.54, 1.807) is 0 Å². The number of likely N-dealkylation sites (N-methyl/N-ethyl adjacent to an activating group) is 1. The Morgan fingerprint density at radius 1 is 1.42 bits per heavy atom. The number of nitrogens with two attached hydrogens (primary N) is 1. The highest BCUT2D eigenvalue weighted by molar-refractivity contribution is 5.11. The second kappa shape index (κ2) is 6.50. The van der Waals surface area contributed by atoms with Crippen molar-refractivity contribution in [2.75, 3.05) is 40.3 Å². The van der Waals surface area contributed by atoms with Crippen LogP contribution >= 0.6 is 0 Å².